The maximum Gasteiger partial charge on any atom is 0.322 e. The van der Waals surface area contributed by atoms with Crippen molar-refractivity contribution in [3.8, 4) is 0 Å². The van der Waals surface area contributed by atoms with Crippen LogP contribution in [0, 0.1) is 0 Å². The molecule has 0 bridgehead atoms. The molecule has 2 aromatic heterocycles. The molecule has 3 unspecified atom stereocenters. The van der Waals surface area contributed by atoms with E-state index in [1.54, 1.807) is 6.20 Å². The molecule has 1 aromatic carbocycles. The number of aliphatic carboxylic acids is 1. The summed E-state index contributed by atoms with van der Waals surface area (Å²) in [5, 5.41) is 26.2. The molecule has 3 amide bonds. The van der Waals surface area contributed by atoms with Gasteiger partial charge in [-0.2, -0.15) is 0 Å². The normalized spacial score (nSPS) is 13.5. The van der Waals surface area contributed by atoms with Crippen LogP contribution in [0.4, 0.5) is 0 Å². The second-order valence-electron chi connectivity index (χ2n) is 7.87. The molecule has 0 fully saturated rings. The number of carboxylic acids is 1. The molecule has 186 valence electrons. The number of nitrogens with one attached hydrogen (secondary N) is 5. The molecule has 3 atom stereocenters. The SMILES string of the molecule is NC(Cc1cnc[nH]1)C(=O)NC(Cc1c[nH]c2ccccc12)C(=O)NC(CO)C(=O)NCC(=O)O. The second-order valence-corrected chi connectivity index (χ2v) is 7.87. The smallest absolute Gasteiger partial charge is 0.322 e. The summed E-state index contributed by atoms with van der Waals surface area (Å²) in [5.41, 5.74) is 8.22. The van der Waals surface area contributed by atoms with Gasteiger partial charge in [0.2, 0.25) is 17.7 Å². The number of aliphatic hydroxyl groups excluding tert-OH is 1. The Morgan fingerprint density at radius 3 is 2.43 bits per heavy atom. The summed E-state index contributed by atoms with van der Waals surface area (Å²) in [5.74, 6) is -3.51. The van der Waals surface area contributed by atoms with Gasteiger partial charge in [-0.1, -0.05) is 18.2 Å². The Labute approximate surface area is 199 Å². The van der Waals surface area contributed by atoms with E-state index in [9.17, 15) is 24.3 Å². The maximum atomic E-state index is 13.1. The van der Waals surface area contributed by atoms with Gasteiger partial charge in [0.1, 0.15) is 18.6 Å². The molecule has 2 heterocycles. The zero-order valence-electron chi connectivity index (χ0n) is 18.7. The molecule has 0 aliphatic carbocycles. The maximum absolute atomic E-state index is 13.1. The highest BCUT2D eigenvalue weighted by Gasteiger charge is 2.29. The number of para-hydroxylation sites is 1. The van der Waals surface area contributed by atoms with Crippen LogP contribution < -0.4 is 21.7 Å². The third kappa shape index (κ3) is 6.88. The number of hydrogen-bond acceptors (Lipinski definition) is 7. The average Bonchev–Trinajstić information content (AvgIpc) is 3.50. The highest BCUT2D eigenvalue weighted by molar-refractivity contribution is 5.94. The topological polar surface area (TPSA) is 215 Å². The minimum Gasteiger partial charge on any atom is -0.480 e. The number of carbonyl (C=O) groups is 4. The summed E-state index contributed by atoms with van der Waals surface area (Å²) >= 11 is 0. The molecular weight excluding hydrogens is 458 g/mol. The molecule has 13 heteroatoms. The first kappa shape index (κ1) is 25.4. The predicted octanol–water partition coefficient (Wildman–Crippen LogP) is -1.83. The molecule has 9 N–H and O–H groups in total. The van der Waals surface area contributed by atoms with Crippen molar-refractivity contribution in [2.45, 2.75) is 31.0 Å². The Balaban J connectivity index is 1.76. The van der Waals surface area contributed by atoms with Gasteiger partial charge in [0.15, 0.2) is 0 Å². The van der Waals surface area contributed by atoms with Crippen LogP contribution in [0.25, 0.3) is 10.9 Å². The first-order valence-electron chi connectivity index (χ1n) is 10.8. The lowest BCUT2D eigenvalue weighted by molar-refractivity contribution is -0.138. The number of aromatic nitrogens is 3. The van der Waals surface area contributed by atoms with E-state index in [2.05, 4.69) is 30.9 Å². The second kappa shape index (κ2) is 11.8. The number of fused-ring (bicyclic) bond motifs is 1. The molecule has 0 radical (unpaired) electrons. The van der Waals surface area contributed by atoms with E-state index >= 15 is 0 Å². The average molecular weight is 486 g/mol. The summed E-state index contributed by atoms with van der Waals surface area (Å²) in [6, 6.07) is 3.87. The van der Waals surface area contributed by atoms with Crippen LogP contribution in [-0.2, 0) is 32.0 Å². The van der Waals surface area contributed by atoms with E-state index in [1.807, 2.05) is 24.3 Å². The number of benzene rings is 1. The Morgan fingerprint density at radius 1 is 1.00 bits per heavy atom. The molecular formula is C22H27N7O6. The van der Waals surface area contributed by atoms with E-state index in [-0.39, 0.29) is 12.8 Å². The number of carbonyl (C=O) groups excluding carboxylic acids is 3. The molecule has 35 heavy (non-hydrogen) atoms. The highest BCUT2D eigenvalue weighted by atomic mass is 16.4. The summed E-state index contributed by atoms with van der Waals surface area (Å²) in [7, 11) is 0. The van der Waals surface area contributed by atoms with E-state index in [1.165, 1.54) is 12.5 Å². The van der Waals surface area contributed by atoms with Crippen LogP contribution in [0.15, 0.2) is 43.0 Å². The zero-order chi connectivity index (χ0) is 25.4. The number of imidazole rings is 1. The van der Waals surface area contributed by atoms with Gasteiger partial charge < -0.3 is 41.9 Å². The molecule has 0 saturated heterocycles. The molecule has 3 rings (SSSR count). The number of H-pyrrole nitrogens is 2. The number of carboxylic acid groups (broad SMARTS) is 1. The number of aliphatic hydroxyl groups is 1. The monoisotopic (exact) mass is 485 g/mol. The standard InChI is InChI=1S/C22H27N7O6/c23-15(6-13-8-24-11-27-13)20(33)28-17(5-12-7-25-16-4-2-1-3-14(12)16)22(35)29-18(10-30)21(34)26-9-19(31)32/h1-4,7-8,11,15,17-18,25,30H,5-6,9-10,23H2,(H,24,27)(H,26,34)(H,28,33)(H,29,35)(H,31,32). The molecule has 0 saturated carbocycles. The number of nitrogens with two attached hydrogens (primary N) is 1. The van der Waals surface area contributed by atoms with Crippen molar-refractivity contribution in [2.75, 3.05) is 13.2 Å². The van der Waals surface area contributed by atoms with Crippen LogP contribution in [0.3, 0.4) is 0 Å². The molecule has 3 aromatic rings. The van der Waals surface area contributed by atoms with Crippen LogP contribution in [0.1, 0.15) is 11.3 Å². The van der Waals surface area contributed by atoms with Crippen molar-refractivity contribution in [3.63, 3.8) is 0 Å². The fourth-order valence-corrected chi connectivity index (χ4v) is 3.49. The Morgan fingerprint density at radius 2 is 1.74 bits per heavy atom. The fourth-order valence-electron chi connectivity index (χ4n) is 3.49. The van der Waals surface area contributed by atoms with Crippen molar-refractivity contribution in [3.05, 3.63) is 54.2 Å². The first-order chi connectivity index (χ1) is 16.8. The van der Waals surface area contributed by atoms with Gasteiger partial charge >= 0.3 is 5.97 Å². The molecule has 13 nitrogen and oxygen atoms in total. The van der Waals surface area contributed by atoms with Gasteiger partial charge in [0.25, 0.3) is 0 Å². The first-order valence-corrected chi connectivity index (χ1v) is 10.8. The Bertz CT molecular complexity index is 1180. The summed E-state index contributed by atoms with van der Waals surface area (Å²) < 4.78 is 0. The quantitative estimate of drug-likeness (QED) is 0.146. The summed E-state index contributed by atoms with van der Waals surface area (Å²) in [4.78, 5) is 58.6. The van der Waals surface area contributed by atoms with Gasteiger partial charge in [-0.15, -0.1) is 0 Å². The molecule has 0 spiro atoms. The zero-order valence-corrected chi connectivity index (χ0v) is 18.7. The minimum absolute atomic E-state index is 0.0628. The summed E-state index contributed by atoms with van der Waals surface area (Å²) in [6.07, 6.45) is 4.92. The lowest BCUT2D eigenvalue weighted by Gasteiger charge is -2.23. The minimum atomic E-state index is -1.41. The van der Waals surface area contributed by atoms with Crippen molar-refractivity contribution >= 4 is 34.6 Å². The lowest BCUT2D eigenvalue weighted by Crippen LogP contribution is -2.57. The number of rotatable bonds is 12. The molecule has 0 aliphatic rings. The molecule has 0 aliphatic heterocycles. The van der Waals surface area contributed by atoms with Crippen molar-refractivity contribution in [1.82, 2.24) is 30.9 Å². The highest BCUT2D eigenvalue weighted by Crippen LogP contribution is 2.19. The van der Waals surface area contributed by atoms with Crippen molar-refractivity contribution < 1.29 is 29.4 Å². The van der Waals surface area contributed by atoms with Crippen molar-refractivity contribution in [1.29, 1.82) is 0 Å². The lowest BCUT2D eigenvalue weighted by atomic mass is 10.0. The Hall–Kier alpha value is -4.23. The van der Waals surface area contributed by atoms with Gasteiger partial charge in [-0.25, -0.2) is 4.98 Å². The van der Waals surface area contributed by atoms with E-state index in [4.69, 9.17) is 10.8 Å². The third-order valence-electron chi connectivity index (χ3n) is 5.29. The van der Waals surface area contributed by atoms with E-state index in [0.29, 0.717) is 5.69 Å². The fraction of sp³-hybridized carbons (Fsp3) is 0.318. The van der Waals surface area contributed by atoms with Gasteiger partial charge in [0.05, 0.1) is 19.0 Å². The van der Waals surface area contributed by atoms with E-state index in [0.717, 1.165) is 16.5 Å². The number of hydrogen-bond donors (Lipinski definition) is 8. The largest absolute Gasteiger partial charge is 0.480 e. The van der Waals surface area contributed by atoms with Gasteiger partial charge in [-0.3, -0.25) is 19.2 Å². The number of nitrogens with zero attached hydrogens (tertiary/aromatic N) is 1. The van der Waals surface area contributed by atoms with Crippen LogP contribution >= 0.6 is 0 Å². The van der Waals surface area contributed by atoms with Crippen LogP contribution in [0.2, 0.25) is 0 Å². The van der Waals surface area contributed by atoms with E-state index < -0.39 is 55.0 Å². The summed E-state index contributed by atoms with van der Waals surface area (Å²) in [6.45, 7) is -1.45. The van der Waals surface area contributed by atoms with Crippen LogP contribution in [0.5, 0.6) is 0 Å². The predicted molar refractivity (Wildman–Crippen MR) is 124 cm³/mol. The Kier molecular flexibility index (Phi) is 8.53. The number of aromatic amines is 2. The van der Waals surface area contributed by atoms with Crippen LogP contribution in [-0.4, -0.2) is 80.1 Å². The van der Waals surface area contributed by atoms with Gasteiger partial charge in [0, 0.05) is 41.8 Å². The van der Waals surface area contributed by atoms with Gasteiger partial charge in [-0.05, 0) is 11.6 Å². The number of amides is 3. The third-order valence-corrected chi connectivity index (χ3v) is 5.29. The van der Waals surface area contributed by atoms with Crippen molar-refractivity contribution in [2.24, 2.45) is 5.73 Å².